The van der Waals surface area contributed by atoms with Crippen molar-refractivity contribution in [3.8, 4) is 5.75 Å². The van der Waals surface area contributed by atoms with Crippen LogP contribution >= 0.6 is 0 Å². The summed E-state index contributed by atoms with van der Waals surface area (Å²) >= 11 is 0. The number of nitrogen functional groups attached to an aromatic ring is 1. The van der Waals surface area contributed by atoms with Crippen LogP contribution in [0.2, 0.25) is 0 Å². The average Bonchev–Trinajstić information content (AvgIpc) is 2.41. The summed E-state index contributed by atoms with van der Waals surface area (Å²) in [5.41, 5.74) is 6.74. The van der Waals surface area contributed by atoms with Crippen molar-refractivity contribution in [1.82, 2.24) is 10.6 Å². The largest absolute Gasteiger partial charge is 0.491 e. The van der Waals surface area contributed by atoms with E-state index in [4.69, 9.17) is 10.5 Å². The van der Waals surface area contributed by atoms with Crippen LogP contribution in [0.15, 0.2) is 18.2 Å². The van der Waals surface area contributed by atoms with Crippen molar-refractivity contribution < 1.29 is 14.3 Å². The van der Waals surface area contributed by atoms with E-state index in [2.05, 4.69) is 10.6 Å². The molecule has 6 heteroatoms. The molecule has 0 aliphatic carbocycles. The minimum absolute atomic E-state index is 0.124. The molecule has 110 valence electrons. The molecular weight excluding hydrogens is 258 g/mol. The van der Waals surface area contributed by atoms with E-state index in [1.165, 1.54) is 6.92 Å². The van der Waals surface area contributed by atoms with Crippen LogP contribution in [-0.4, -0.2) is 31.5 Å². The van der Waals surface area contributed by atoms with Crippen molar-refractivity contribution in [3.63, 3.8) is 0 Å². The Hall–Kier alpha value is -2.24. The fourth-order valence-electron chi connectivity index (χ4n) is 1.55. The maximum Gasteiger partial charge on any atom is 0.251 e. The summed E-state index contributed by atoms with van der Waals surface area (Å²) in [5.74, 6) is 0.228. The molecule has 0 heterocycles. The summed E-state index contributed by atoms with van der Waals surface area (Å²) in [4.78, 5) is 22.5. The Morgan fingerprint density at radius 3 is 2.55 bits per heavy atom. The molecule has 0 saturated heterocycles. The van der Waals surface area contributed by atoms with Crippen LogP contribution in [0, 0.1) is 0 Å². The Bertz CT molecular complexity index is 475. The topological polar surface area (TPSA) is 93.5 Å². The first kappa shape index (κ1) is 15.8. The Kier molecular flexibility index (Phi) is 6.36. The second-order valence-corrected chi connectivity index (χ2v) is 4.34. The lowest BCUT2D eigenvalue weighted by Crippen LogP contribution is -2.33. The highest BCUT2D eigenvalue weighted by molar-refractivity contribution is 5.95. The van der Waals surface area contributed by atoms with E-state index < -0.39 is 0 Å². The van der Waals surface area contributed by atoms with E-state index in [-0.39, 0.29) is 11.8 Å². The number of nitrogens with one attached hydrogen (secondary N) is 2. The number of carbonyl (C=O) groups excluding carboxylic acids is 2. The normalized spacial score (nSPS) is 9.90. The van der Waals surface area contributed by atoms with E-state index in [0.29, 0.717) is 36.7 Å². The van der Waals surface area contributed by atoms with Crippen molar-refractivity contribution in [3.05, 3.63) is 23.8 Å². The van der Waals surface area contributed by atoms with Gasteiger partial charge in [0.05, 0.1) is 12.3 Å². The van der Waals surface area contributed by atoms with Crippen molar-refractivity contribution in [1.29, 1.82) is 0 Å². The van der Waals surface area contributed by atoms with Crippen LogP contribution in [-0.2, 0) is 4.79 Å². The third-order valence-corrected chi connectivity index (χ3v) is 2.52. The van der Waals surface area contributed by atoms with Crippen LogP contribution < -0.4 is 21.1 Å². The van der Waals surface area contributed by atoms with E-state index in [1.807, 2.05) is 6.92 Å². The van der Waals surface area contributed by atoms with Gasteiger partial charge in [-0.25, -0.2) is 0 Å². The van der Waals surface area contributed by atoms with Gasteiger partial charge in [-0.05, 0) is 24.6 Å². The molecule has 1 aromatic rings. The molecule has 0 bridgehead atoms. The average molecular weight is 279 g/mol. The van der Waals surface area contributed by atoms with Crippen molar-refractivity contribution in [2.45, 2.75) is 20.3 Å². The van der Waals surface area contributed by atoms with Gasteiger partial charge in [-0.3, -0.25) is 9.59 Å². The van der Waals surface area contributed by atoms with Crippen LogP contribution in [0.5, 0.6) is 5.75 Å². The van der Waals surface area contributed by atoms with Gasteiger partial charge in [0.2, 0.25) is 5.91 Å². The second-order valence-electron chi connectivity index (χ2n) is 4.34. The standard InChI is InChI=1S/C14H21N3O3/c1-3-8-20-13-5-4-11(9-12(13)15)14(19)17-7-6-16-10(2)18/h4-5,9H,3,6-8,15H2,1-2H3,(H,16,18)(H,17,19). The molecule has 4 N–H and O–H groups in total. The van der Waals surface area contributed by atoms with Crippen LogP contribution in [0.4, 0.5) is 5.69 Å². The zero-order valence-electron chi connectivity index (χ0n) is 11.9. The minimum atomic E-state index is -0.232. The Balaban J connectivity index is 2.52. The monoisotopic (exact) mass is 279 g/mol. The van der Waals surface area contributed by atoms with Gasteiger partial charge in [0.1, 0.15) is 5.75 Å². The number of carbonyl (C=O) groups is 2. The predicted molar refractivity (Wildman–Crippen MR) is 77.7 cm³/mol. The maximum absolute atomic E-state index is 11.8. The molecule has 0 aliphatic rings. The van der Waals surface area contributed by atoms with Crippen LogP contribution in [0.3, 0.4) is 0 Å². The van der Waals surface area contributed by atoms with Gasteiger partial charge in [-0.2, -0.15) is 0 Å². The van der Waals surface area contributed by atoms with Gasteiger partial charge in [0.15, 0.2) is 0 Å². The molecule has 0 saturated carbocycles. The van der Waals surface area contributed by atoms with Gasteiger partial charge >= 0.3 is 0 Å². The third-order valence-electron chi connectivity index (χ3n) is 2.52. The molecule has 0 unspecified atom stereocenters. The first-order valence-electron chi connectivity index (χ1n) is 6.59. The fraction of sp³-hybridized carbons (Fsp3) is 0.429. The van der Waals surface area contributed by atoms with Gasteiger partial charge < -0.3 is 21.1 Å². The molecule has 20 heavy (non-hydrogen) atoms. The summed E-state index contributed by atoms with van der Waals surface area (Å²) in [5, 5.41) is 5.29. The van der Waals surface area contributed by atoms with Crippen molar-refractivity contribution in [2.24, 2.45) is 0 Å². The maximum atomic E-state index is 11.8. The van der Waals surface area contributed by atoms with Crippen molar-refractivity contribution >= 4 is 17.5 Å². The first-order valence-corrected chi connectivity index (χ1v) is 6.59. The highest BCUT2D eigenvalue weighted by Crippen LogP contribution is 2.22. The Labute approximate surface area is 118 Å². The van der Waals surface area contributed by atoms with Crippen molar-refractivity contribution in [2.75, 3.05) is 25.4 Å². The molecular formula is C14H21N3O3. The number of ether oxygens (including phenoxy) is 1. The number of rotatable bonds is 7. The molecule has 1 rings (SSSR count). The van der Waals surface area contributed by atoms with E-state index in [9.17, 15) is 9.59 Å². The van der Waals surface area contributed by atoms with Gasteiger partial charge in [0, 0.05) is 25.6 Å². The fourth-order valence-corrected chi connectivity index (χ4v) is 1.55. The van der Waals surface area contributed by atoms with Crippen LogP contribution in [0.1, 0.15) is 30.6 Å². The lowest BCUT2D eigenvalue weighted by atomic mass is 10.1. The van der Waals surface area contributed by atoms with Gasteiger partial charge in [-0.15, -0.1) is 0 Å². The molecule has 0 aliphatic heterocycles. The number of benzene rings is 1. The lowest BCUT2D eigenvalue weighted by molar-refractivity contribution is -0.118. The lowest BCUT2D eigenvalue weighted by Gasteiger charge is -2.10. The molecule has 0 fully saturated rings. The summed E-state index contributed by atoms with van der Waals surface area (Å²) in [6, 6.07) is 4.93. The highest BCUT2D eigenvalue weighted by atomic mass is 16.5. The zero-order valence-corrected chi connectivity index (χ0v) is 11.9. The third kappa shape index (κ3) is 5.17. The summed E-state index contributed by atoms with van der Waals surface area (Å²) in [6.45, 7) is 4.79. The number of hydrogen-bond donors (Lipinski definition) is 3. The first-order chi connectivity index (χ1) is 9.54. The number of nitrogens with two attached hydrogens (primary N) is 1. The highest BCUT2D eigenvalue weighted by Gasteiger charge is 2.08. The quantitative estimate of drug-likeness (QED) is 0.511. The van der Waals surface area contributed by atoms with E-state index in [1.54, 1.807) is 18.2 Å². The number of anilines is 1. The number of amides is 2. The Morgan fingerprint density at radius 1 is 1.25 bits per heavy atom. The molecule has 1 aromatic carbocycles. The predicted octanol–water partition coefficient (Wildman–Crippen LogP) is 0.923. The molecule has 0 atom stereocenters. The SMILES string of the molecule is CCCOc1ccc(C(=O)NCCNC(C)=O)cc1N. The molecule has 6 nitrogen and oxygen atoms in total. The molecule has 0 aromatic heterocycles. The van der Waals surface area contributed by atoms with E-state index in [0.717, 1.165) is 6.42 Å². The summed E-state index contributed by atoms with van der Waals surface area (Å²) in [6.07, 6.45) is 0.894. The van der Waals surface area contributed by atoms with Gasteiger partial charge in [-0.1, -0.05) is 6.92 Å². The summed E-state index contributed by atoms with van der Waals surface area (Å²) in [7, 11) is 0. The number of hydrogen-bond acceptors (Lipinski definition) is 4. The molecule has 0 radical (unpaired) electrons. The second kappa shape index (κ2) is 8.04. The Morgan fingerprint density at radius 2 is 1.95 bits per heavy atom. The molecule has 2 amide bonds. The van der Waals surface area contributed by atoms with Crippen LogP contribution in [0.25, 0.3) is 0 Å². The smallest absolute Gasteiger partial charge is 0.251 e. The van der Waals surface area contributed by atoms with E-state index >= 15 is 0 Å². The minimum Gasteiger partial charge on any atom is -0.491 e. The molecule has 0 spiro atoms. The van der Waals surface area contributed by atoms with Gasteiger partial charge in [0.25, 0.3) is 5.91 Å². The zero-order chi connectivity index (χ0) is 15.0. The summed E-state index contributed by atoms with van der Waals surface area (Å²) < 4.78 is 5.44.